The monoisotopic (exact) mass is 476 g/mol. The predicted octanol–water partition coefficient (Wildman–Crippen LogP) is 2.41. The summed E-state index contributed by atoms with van der Waals surface area (Å²) in [4.78, 5) is 0. The summed E-state index contributed by atoms with van der Waals surface area (Å²) < 4.78 is 34.1. The molecule has 1 fully saturated rings. The highest BCUT2D eigenvalue weighted by molar-refractivity contribution is 9.09. The van der Waals surface area contributed by atoms with Gasteiger partial charge < -0.3 is 28.4 Å². The number of ether oxygens (including phenoxy) is 6. The summed E-state index contributed by atoms with van der Waals surface area (Å²) in [6.45, 7) is 9.26. The average Bonchev–Trinajstić information content (AvgIpc) is 2.59. The Morgan fingerprint density at radius 1 is 0.583 bits per heavy atom. The molecule has 24 heavy (non-hydrogen) atoms. The van der Waals surface area contributed by atoms with Gasteiger partial charge in [0.15, 0.2) is 0 Å². The van der Waals surface area contributed by atoms with Crippen molar-refractivity contribution < 1.29 is 28.4 Å². The highest BCUT2D eigenvalue weighted by atomic mass is 79.9. The van der Waals surface area contributed by atoms with E-state index in [1.807, 2.05) is 13.8 Å². The van der Waals surface area contributed by atoms with Gasteiger partial charge in [0, 0.05) is 10.7 Å². The van der Waals surface area contributed by atoms with Crippen LogP contribution >= 0.6 is 31.9 Å². The van der Waals surface area contributed by atoms with Crippen molar-refractivity contribution in [3.05, 3.63) is 0 Å². The zero-order valence-electron chi connectivity index (χ0n) is 14.7. The van der Waals surface area contributed by atoms with Gasteiger partial charge in [0.1, 0.15) is 0 Å². The van der Waals surface area contributed by atoms with E-state index in [9.17, 15) is 0 Å². The lowest BCUT2D eigenvalue weighted by molar-refractivity contribution is -0.114. The molecule has 1 aliphatic rings. The van der Waals surface area contributed by atoms with E-state index in [4.69, 9.17) is 28.4 Å². The molecule has 0 N–H and O–H groups in total. The smallest absolute Gasteiger partial charge is 0.0984 e. The second-order valence-electron chi connectivity index (χ2n) is 6.19. The standard InChI is InChI=1S/C16H30Br2O6/c1-15(11-17)13-21-5-6-22-14-16(2,12-18)24-10-8-20-4-3-19-7-9-23-15/h3-14H2,1-2H3/t15-,16-/m0/s1. The van der Waals surface area contributed by atoms with Crippen LogP contribution < -0.4 is 0 Å². The number of hydrogen-bond acceptors (Lipinski definition) is 6. The van der Waals surface area contributed by atoms with E-state index in [1.165, 1.54) is 0 Å². The molecule has 0 unspecified atom stereocenters. The van der Waals surface area contributed by atoms with Crippen LogP contribution in [0, 0.1) is 0 Å². The molecule has 1 rings (SSSR count). The summed E-state index contributed by atoms with van der Waals surface area (Å²) in [6, 6.07) is 0. The van der Waals surface area contributed by atoms with Gasteiger partial charge in [-0.1, -0.05) is 31.9 Å². The first-order chi connectivity index (χ1) is 11.5. The molecule has 0 amide bonds. The van der Waals surface area contributed by atoms with E-state index in [0.717, 1.165) is 0 Å². The summed E-state index contributed by atoms with van der Waals surface area (Å²) >= 11 is 6.96. The van der Waals surface area contributed by atoms with Crippen molar-refractivity contribution in [2.24, 2.45) is 0 Å². The van der Waals surface area contributed by atoms with Crippen molar-refractivity contribution in [3.8, 4) is 0 Å². The molecule has 0 bridgehead atoms. The fourth-order valence-corrected chi connectivity index (χ4v) is 2.60. The van der Waals surface area contributed by atoms with E-state index in [1.54, 1.807) is 0 Å². The normalized spacial score (nSPS) is 33.5. The number of hydrogen-bond donors (Lipinski definition) is 0. The van der Waals surface area contributed by atoms with Gasteiger partial charge in [0.2, 0.25) is 0 Å². The third-order valence-electron chi connectivity index (χ3n) is 3.48. The quantitative estimate of drug-likeness (QED) is 0.569. The maximum atomic E-state index is 5.87. The van der Waals surface area contributed by atoms with Crippen LogP contribution in [0.5, 0.6) is 0 Å². The Hall–Kier alpha value is 0.720. The minimum atomic E-state index is -0.376. The molecule has 6 nitrogen and oxygen atoms in total. The van der Waals surface area contributed by atoms with Crippen molar-refractivity contribution in [3.63, 3.8) is 0 Å². The van der Waals surface area contributed by atoms with Crippen molar-refractivity contribution in [1.82, 2.24) is 0 Å². The Bertz CT molecular complexity index is 293. The zero-order chi connectivity index (χ0) is 17.7. The van der Waals surface area contributed by atoms with Crippen molar-refractivity contribution in [2.75, 3.05) is 76.7 Å². The minimum Gasteiger partial charge on any atom is -0.377 e. The van der Waals surface area contributed by atoms with Gasteiger partial charge in [-0.2, -0.15) is 0 Å². The van der Waals surface area contributed by atoms with Gasteiger partial charge in [-0.25, -0.2) is 0 Å². The molecule has 144 valence electrons. The molecule has 0 aromatic carbocycles. The fraction of sp³-hybridized carbons (Fsp3) is 1.00. The molecule has 1 saturated heterocycles. The number of halogens is 2. The lowest BCUT2D eigenvalue weighted by Gasteiger charge is -2.29. The van der Waals surface area contributed by atoms with Crippen LogP contribution in [-0.4, -0.2) is 87.9 Å². The molecule has 1 heterocycles. The molecule has 8 heteroatoms. The Balaban J connectivity index is 2.44. The van der Waals surface area contributed by atoms with Crippen molar-refractivity contribution in [2.45, 2.75) is 25.0 Å². The molecule has 0 aromatic heterocycles. The third kappa shape index (κ3) is 10.0. The first kappa shape index (κ1) is 22.8. The molecule has 0 aromatic rings. The van der Waals surface area contributed by atoms with E-state index in [2.05, 4.69) is 31.9 Å². The summed E-state index contributed by atoms with van der Waals surface area (Å²) in [5, 5.41) is 1.39. The minimum absolute atomic E-state index is 0.376. The molecular formula is C16H30Br2O6. The van der Waals surface area contributed by atoms with Crippen LogP contribution in [0.15, 0.2) is 0 Å². The van der Waals surface area contributed by atoms with Crippen LogP contribution in [-0.2, 0) is 28.4 Å². The largest absolute Gasteiger partial charge is 0.377 e. The van der Waals surface area contributed by atoms with Crippen LogP contribution in [0.2, 0.25) is 0 Å². The maximum absolute atomic E-state index is 5.87. The van der Waals surface area contributed by atoms with E-state index < -0.39 is 0 Å². The molecule has 0 aliphatic carbocycles. The van der Waals surface area contributed by atoms with E-state index in [-0.39, 0.29) is 11.2 Å². The van der Waals surface area contributed by atoms with E-state index in [0.29, 0.717) is 76.7 Å². The van der Waals surface area contributed by atoms with Gasteiger partial charge in [0.05, 0.1) is 77.3 Å². The Morgan fingerprint density at radius 3 is 1.29 bits per heavy atom. The highest BCUT2D eigenvalue weighted by Crippen LogP contribution is 2.16. The zero-order valence-corrected chi connectivity index (χ0v) is 17.9. The number of alkyl halides is 2. The van der Waals surface area contributed by atoms with Gasteiger partial charge in [-0.3, -0.25) is 0 Å². The van der Waals surface area contributed by atoms with Gasteiger partial charge in [0.25, 0.3) is 0 Å². The SMILES string of the molecule is C[C@]1(CBr)COCCOC[C@](C)(CBr)OCCOCCOCCO1. The van der Waals surface area contributed by atoms with Crippen LogP contribution in [0.3, 0.4) is 0 Å². The molecule has 0 saturated carbocycles. The molecule has 0 radical (unpaired) electrons. The summed E-state index contributed by atoms with van der Waals surface area (Å²) in [6.07, 6.45) is 0. The topological polar surface area (TPSA) is 55.4 Å². The average molecular weight is 478 g/mol. The lowest BCUT2D eigenvalue weighted by atomic mass is 10.1. The number of rotatable bonds is 2. The summed E-state index contributed by atoms with van der Waals surface area (Å²) in [5.74, 6) is 0. The fourth-order valence-electron chi connectivity index (χ4n) is 1.95. The van der Waals surface area contributed by atoms with Gasteiger partial charge in [-0.05, 0) is 13.8 Å². The Labute approximate surface area is 162 Å². The lowest BCUT2D eigenvalue weighted by Crippen LogP contribution is -2.39. The van der Waals surface area contributed by atoms with E-state index >= 15 is 0 Å². The van der Waals surface area contributed by atoms with Crippen molar-refractivity contribution >= 4 is 31.9 Å². The van der Waals surface area contributed by atoms with Crippen LogP contribution in [0.1, 0.15) is 13.8 Å². The second kappa shape index (κ2) is 13.0. The second-order valence-corrected chi connectivity index (χ2v) is 7.32. The van der Waals surface area contributed by atoms with Crippen LogP contribution in [0.25, 0.3) is 0 Å². The summed E-state index contributed by atoms with van der Waals surface area (Å²) in [7, 11) is 0. The van der Waals surface area contributed by atoms with Crippen LogP contribution in [0.4, 0.5) is 0 Å². The molecule has 1 aliphatic heterocycles. The Kier molecular flexibility index (Phi) is 12.3. The highest BCUT2D eigenvalue weighted by Gasteiger charge is 2.25. The molecule has 2 atom stereocenters. The molecule has 0 spiro atoms. The van der Waals surface area contributed by atoms with Gasteiger partial charge in [-0.15, -0.1) is 0 Å². The van der Waals surface area contributed by atoms with Crippen molar-refractivity contribution in [1.29, 1.82) is 0 Å². The summed E-state index contributed by atoms with van der Waals surface area (Å²) in [5.41, 5.74) is -0.752. The first-order valence-electron chi connectivity index (χ1n) is 8.24. The van der Waals surface area contributed by atoms with Gasteiger partial charge >= 0.3 is 0 Å². The molecular weight excluding hydrogens is 448 g/mol. The predicted molar refractivity (Wildman–Crippen MR) is 99.6 cm³/mol. The third-order valence-corrected chi connectivity index (χ3v) is 5.85. The maximum Gasteiger partial charge on any atom is 0.0984 e. The first-order valence-corrected chi connectivity index (χ1v) is 10.5. The Morgan fingerprint density at radius 2 is 0.917 bits per heavy atom.